The summed E-state index contributed by atoms with van der Waals surface area (Å²) in [5.74, 6) is 0.132. The molecule has 3 rings (SSSR count). The number of hydrogen-bond donors (Lipinski definition) is 2. The molecule has 1 aliphatic rings. The molecular weight excluding hydrogens is 356 g/mol. The van der Waals surface area contributed by atoms with Crippen molar-refractivity contribution in [2.75, 3.05) is 57.0 Å². The SMILES string of the molecule is CN(C)C(=O)c1ccc(NC(=O)CN2CCN(c3ccc(O)cc3)CC2)cc1. The lowest BCUT2D eigenvalue weighted by Crippen LogP contribution is -2.48. The molecule has 0 unspecified atom stereocenters. The third-order valence-corrected chi connectivity index (χ3v) is 4.78. The molecule has 2 N–H and O–H groups in total. The van der Waals surface area contributed by atoms with Gasteiger partial charge in [-0.05, 0) is 48.5 Å². The number of aromatic hydroxyl groups is 1. The first-order valence-corrected chi connectivity index (χ1v) is 9.30. The second-order valence-electron chi connectivity index (χ2n) is 7.10. The van der Waals surface area contributed by atoms with E-state index in [-0.39, 0.29) is 17.6 Å². The van der Waals surface area contributed by atoms with E-state index in [0.717, 1.165) is 31.9 Å². The summed E-state index contributed by atoms with van der Waals surface area (Å²) in [7, 11) is 3.42. The Hall–Kier alpha value is -3.06. The van der Waals surface area contributed by atoms with E-state index in [0.29, 0.717) is 17.8 Å². The molecule has 0 aromatic heterocycles. The smallest absolute Gasteiger partial charge is 0.253 e. The van der Waals surface area contributed by atoms with Crippen molar-refractivity contribution >= 4 is 23.2 Å². The molecule has 28 heavy (non-hydrogen) atoms. The molecule has 0 saturated carbocycles. The third kappa shape index (κ3) is 5.01. The van der Waals surface area contributed by atoms with Crippen molar-refractivity contribution < 1.29 is 14.7 Å². The van der Waals surface area contributed by atoms with Crippen molar-refractivity contribution in [2.24, 2.45) is 0 Å². The van der Waals surface area contributed by atoms with Crippen molar-refractivity contribution in [1.29, 1.82) is 0 Å². The van der Waals surface area contributed by atoms with E-state index in [1.807, 2.05) is 12.1 Å². The highest BCUT2D eigenvalue weighted by atomic mass is 16.3. The number of amides is 2. The van der Waals surface area contributed by atoms with E-state index >= 15 is 0 Å². The highest BCUT2D eigenvalue weighted by molar-refractivity contribution is 5.96. The molecule has 0 aliphatic carbocycles. The Kier molecular flexibility index (Phi) is 6.16. The Labute approximate surface area is 165 Å². The van der Waals surface area contributed by atoms with Crippen LogP contribution in [0.1, 0.15) is 10.4 Å². The van der Waals surface area contributed by atoms with Gasteiger partial charge in [0.15, 0.2) is 0 Å². The lowest BCUT2D eigenvalue weighted by Gasteiger charge is -2.35. The molecule has 148 valence electrons. The van der Waals surface area contributed by atoms with Gasteiger partial charge in [0.05, 0.1) is 6.54 Å². The van der Waals surface area contributed by atoms with Crippen molar-refractivity contribution in [1.82, 2.24) is 9.80 Å². The average Bonchev–Trinajstić information content (AvgIpc) is 2.69. The minimum atomic E-state index is -0.0654. The molecule has 1 fully saturated rings. The molecule has 0 bridgehead atoms. The number of piperazine rings is 1. The highest BCUT2D eigenvalue weighted by Gasteiger charge is 2.19. The van der Waals surface area contributed by atoms with E-state index < -0.39 is 0 Å². The van der Waals surface area contributed by atoms with Gasteiger partial charge in [0.1, 0.15) is 5.75 Å². The number of hydrogen-bond acceptors (Lipinski definition) is 5. The van der Waals surface area contributed by atoms with Gasteiger partial charge in [0, 0.05) is 57.2 Å². The van der Waals surface area contributed by atoms with Crippen LogP contribution in [0.15, 0.2) is 48.5 Å². The minimum Gasteiger partial charge on any atom is -0.508 e. The number of carbonyl (C=O) groups excluding carboxylic acids is 2. The van der Waals surface area contributed by atoms with Crippen LogP contribution in [0.4, 0.5) is 11.4 Å². The molecule has 7 heteroatoms. The van der Waals surface area contributed by atoms with Gasteiger partial charge < -0.3 is 20.2 Å². The molecule has 1 saturated heterocycles. The fourth-order valence-corrected chi connectivity index (χ4v) is 3.19. The number of carbonyl (C=O) groups is 2. The Bertz CT molecular complexity index is 811. The molecule has 0 atom stereocenters. The number of phenolic OH excluding ortho intramolecular Hbond substituents is 1. The van der Waals surface area contributed by atoms with E-state index in [1.165, 1.54) is 4.90 Å². The maximum absolute atomic E-state index is 12.3. The van der Waals surface area contributed by atoms with Crippen LogP contribution in [-0.4, -0.2) is 73.5 Å². The van der Waals surface area contributed by atoms with Crippen LogP contribution in [-0.2, 0) is 4.79 Å². The summed E-state index contributed by atoms with van der Waals surface area (Å²) in [4.78, 5) is 30.1. The maximum Gasteiger partial charge on any atom is 0.253 e. The first kappa shape index (κ1) is 19.7. The highest BCUT2D eigenvalue weighted by Crippen LogP contribution is 2.19. The van der Waals surface area contributed by atoms with Crippen molar-refractivity contribution in [2.45, 2.75) is 0 Å². The van der Waals surface area contributed by atoms with Gasteiger partial charge >= 0.3 is 0 Å². The number of nitrogens with one attached hydrogen (secondary N) is 1. The van der Waals surface area contributed by atoms with Gasteiger partial charge in [0.2, 0.25) is 5.91 Å². The van der Waals surface area contributed by atoms with E-state index in [2.05, 4.69) is 15.1 Å². The number of benzene rings is 2. The summed E-state index contributed by atoms with van der Waals surface area (Å²) in [6, 6.07) is 14.1. The zero-order chi connectivity index (χ0) is 20.1. The van der Waals surface area contributed by atoms with E-state index in [9.17, 15) is 14.7 Å². The fourth-order valence-electron chi connectivity index (χ4n) is 3.19. The minimum absolute atomic E-state index is 0.0650. The first-order valence-electron chi connectivity index (χ1n) is 9.30. The molecule has 1 aliphatic heterocycles. The standard InChI is InChI=1S/C21H26N4O3/c1-23(2)21(28)16-3-5-17(6-4-16)22-20(27)15-24-11-13-25(14-12-24)18-7-9-19(26)10-8-18/h3-10,26H,11-15H2,1-2H3,(H,22,27). The quantitative estimate of drug-likeness (QED) is 0.826. The molecule has 2 amide bonds. The lowest BCUT2D eigenvalue weighted by molar-refractivity contribution is -0.117. The van der Waals surface area contributed by atoms with Crippen molar-refractivity contribution in [3.05, 3.63) is 54.1 Å². The van der Waals surface area contributed by atoms with E-state index in [4.69, 9.17) is 0 Å². The summed E-state index contributed by atoms with van der Waals surface area (Å²) in [6.45, 7) is 3.59. The predicted octanol–water partition coefficient (Wildman–Crippen LogP) is 1.85. The largest absolute Gasteiger partial charge is 0.508 e. The summed E-state index contributed by atoms with van der Waals surface area (Å²) >= 11 is 0. The summed E-state index contributed by atoms with van der Waals surface area (Å²) < 4.78 is 0. The zero-order valence-electron chi connectivity index (χ0n) is 16.3. The second kappa shape index (κ2) is 8.75. The Morgan fingerprint density at radius 2 is 1.57 bits per heavy atom. The molecule has 1 heterocycles. The summed E-state index contributed by atoms with van der Waals surface area (Å²) in [6.07, 6.45) is 0. The van der Waals surface area contributed by atoms with Crippen LogP contribution in [0, 0.1) is 0 Å². The van der Waals surface area contributed by atoms with Gasteiger partial charge in [-0.2, -0.15) is 0 Å². The van der Waals surface area contributed by atoms with E-state index in [1.54, 1.807) is 50.5 Å². The monoisotopic (exact) mass is 382 g/mol. The molecule has 0 radical (unpaired) electrons. The fraction of sp³-hybridized carbons (Fsp3) is 0.333. The molecule has 2 aromatic rings. The van der Waals surface area contributed by atoms with Crippen LogP contribution in [0.2, 0.25) is 0 Å². The average molecular weight is 382 g/mol. The second-order valence-corrected chi connectivity index (χ2v) is 7.10. The van der Waals surface area contributed by atoms with Crippen LogP contribution >= 0.6 is 0 Å². The van der Waals surface area contributed by atoms with Crippen molar-refractivity contribution in [3.63, 3.8) is 0 Å². The molecule has 0 spiro atoms. The van der Waals surface area contributed by atoms with Gasteiger partial charge in [0.25, 0.3) is 5.91 Å². The number of rotatable bonds is 5. The Morgan fingerprint density at radius 1 is 0.964 bits per heavy atom. The summed E-state index contributed by atoms with van der Waals surface area (Å²) in [5, 5.41) is 12.3. The number of anilines is 2. The molecule has 2 aromatic carbocycles. The van der Waals surface area contributed by atoms with Gasteiger partial charge in [-0.3, -0.25) is 14.5 Å². The Morgan fingerprint density at radius 3 is 2.14 bits per heavy atom. The predicted molar refractivity (Wildman–Crippen MR) is 110 cm³/mol. The molecule has 7 nitrogen and oxygen atoms in total. The van der Waals surface area contributed by atoms with Gasteiger partial charge in [-0.25, -0.2) is 0 Å². The Balaban J connectivity index is 1.47. The van der Waals surface area contributed by atoms with Crippen LogP contribution in [0.3, 0.4) is 0 Å². The third-order valence-electron chi connectivity index (χ3n) is 4.78. The van der Waals surface area contributed by atoms with Crippen LogP contribution < -0.4 is 10.2 Å². The summed E-state index contributed by atoms with van der Waals surface area (Å²) in [5.41, 5.74) is 2.35. The number of nitrogens with zero attached hydrogens (tertiary/aromatic N) is 3. The first-order chi connectivity index (χ1) is 13.4. The van der Waals surface area contributed by atoms with Gasteiger partial charge in [-0.15, -0.1) is 0 Å². The van der Waals surface area contributed by atoms with Crippen LogP contribution in [0.5, 0.6) is 5.75 Å². The zero-order valence-corrected chi connectivity index (χ0v) is 16.3. The van der Waals surface area contributed by atoms with Crippen LogP contribution in [0.25, 0.3) is 0 Å². The topological polar surface area (TPSA) is 76.1 Å². The normalized spacial score (nSPS) is 14.6. The lowest BCUT2D eigenvalue weighted by atomic mass is 10.2. The van der Waals surface area contributed by atoms with Gasteiger partial charge in [-0.1, -0.05) is 0 Å². The molecular formula is C21H26N4O3. The van der Waals surface area contributed by atoms with Crippen molar-refractivity contribution in [3.8, 4) is 5.75 Å². The number of phenols is 1. The maximum atomic E-state index is 12.3.